The Hall–Kier alpha value is -4.19. The molecule has 0 aliphatic carbocycles. The van der Waals surface area contributed by atoms with Crippen molar-refractivity contribution in [2.24, 2.45) is 0 Å². The lowest BCUT2D eigenvalue weighted by atomic mass is 10.1. The summed E-state index contributed by atoms with van der Waals surface area (Å²) in [7, 11) is 0. The van der Waals surface area contributed by atoms with Gasteiger partial charge >= 0.3 is 17.9 Å². The lowest BCUT2D eigenvalue weighted by molar-refractivity contribution is -0.167. The van der Waals surface area contributed by atoms with Crippen LogP contribution in [0, 0.1) is 0 Å². The van der Waals surface area contributed by atoms with Crippen LogP contribution in [0.2, 0.25) is 0 Å². The van der Waals surface area contributed by atoms with Gasteiger partial charge in [0.2, 0.25) is 0 Å². The number of unbranched alkanes of at least 4 members (excludes halogenated alkanes) is 26. The van der Waals surface area contributed by atoms with Crippen LogP contribution in [0.5, 0.6) is 0 Å². The summed E-state index contributed by atoms with van der Waals surface area (Å²) >= 11 is 0. The van der Waals surface area contributed by atoms with Gasteiger partial charge in [-0.2, -0.15) is 0 Å². The number of carbonyl (C=O) groups is 3. The summed E-state index contributed by atoms with van der Waals surface area (Å²) in [6.07, 6.45) is 89.0. The van der Waals surface area contributed by atoms with Crippen LogP contribution in [0.25, 0.3) is 0 Å². The summed E-state index contributed by atoms with van der Waals surface area (Å²) in [5.41, 5.74) is 0. The third-order valence-corrected chi connectivity index (χ3v) is 13.4. The fourth-order valence-corrected chi connectivity index (χ4v) is 8.69. The molecule has 0 amide bonds. The largest absolute Gasteiger partial charge is 0.462 e. The fraction of sp³-hybridized carbons (Fsp3) is 0.676. The first kappa shape index (κ1) is 72.8. The Morgan fingerprint density at radius 1 is 0.273 bits per heavy atom. The van der Waals surface area contributed by atoms with E-state index in [2.05, 4.69) is 142 Å². The zero-order chi connectivity index (χ0) is 55.7. The molecule has 0 heterocycles. The second-order valence-corrected chi connectivity index (χ2v) is 20.9. The molecule has 0 N–H and O–H groups in total. The first-order chi connectivity index (χ1) is 38.0. The molecule has 0 aromatic carbocycles. The maximum absolute atomic E-state index is 12.9. The van der Waals surface area contributed by atoms with Crippen LogP contribution in [0.15, 0.2) is 122 Å². The summed E-state index contributed by atoms with van der Waals surface area (Å²) in [6.45, 7) is 6.40. The van der Waals surface area contributed by atoms with Crippen molar-refractivity contribution in [2.75, 3.05) is 13.2 Å². The average Bonchev–Trinajstić information content (AvgIpc) is 3.43. The molecule has 0 fully saturated rings. The van der Waals surface area contributed by atoms with Crippen LogP contribution in [0.3, 0.4) is 0 Å². The lowest BCUT2D eigenvalue weighted by Crippen LogP contribution is -2.30. The Kier molecular flexibility index (Phi) is 60.8. The van der Waals surface area contributed by atoms with Crippen LogP contribution in [-0.2, 0) is 28.6 Å². The van der Waals surface area contributed by atoms with Crippen molar-refractivity contribution in [1.82, 2.24) is 0 Å². The molecule has 0 rings (SSSR count). The lowest BCUT2D eigenvalue weighted by Gasteiger charge is -2.18. The van der Waals surface area contributed by atoms with Crippen LogP contribution < -0.4 is 0 Å². The van der Waals surface area contributed by atoms with E-state index < -0.39 is 6.10 Å². The first-order valence-corrected chi connectivity index (χ1v) is 32.0. The predicted molar refractivity (Wildman–Crippen MR) is 334 cm³/mol. The Bertz CT molecular complexity index is 1600. The van der Waals surface area contributed by atoms with Gasteiger partial charge in [-0.1, -0.05) is 264 Å². The van der Waals surface area contributed by atoms with E-state index in [1.807, 2.05) is 0 Å². The molecule has 0 saturated carbocycles. The van der Waals surface area contributed by atoms with Crippen LogP contribution in [0.4, 0.5) is 0 Å². The van der Waals surface area contributed by atoms with E-state index in [1.54, 1.807) is 0 Å². The second kappa shape index (κ2) is 64.3. The SMILES string of the molecule is CC/C=C\C/C=C\C/C=C\C/C=C\C/C=C\CCCCCCCC(=O)OCC(COC(=O)CCCCCCCCC/C=C\CCCCCCCC)OC(=O)CCCCCCCCCC/C=C\C/C=C\C/C=C\C/C=C\CC. The number of hydrogen-bond donors (Lipinski definition) is 0. The summed E-state index contributed by atoms with van der Waals surface area (Å²) in [4.78, 5) is 38.4. The number of allylic oxidation sites excluding steroid dienone is 20. The maximum Gasteiger partial charge on any atom is 0.306 e. The highest BCUT2D eigenvalue weighted by atomic mass is 16.6. The molecule has 0 bridgehead atoms. The molecule has 1 atom stereocenters. The molecule has 0 radical (unpaired) electrons. The number of rotatable bonds is 57. The smallest absolute Gasteiger partial charge is 0.306 e. The third kappa shape index (κ3) is 62.5. The van der Waals surface area contributed by atoms with Crippen LogP contribution in [-0.4, -0.2) is 37.2 Å². The van der Waals surface area contributed by atoms with E-state index >= 15 is 0 Å². The summed E-state index contributed by atoms with van der Waals surface area (Å²) in [5.74, 6) is -0.918. The quantitative estimate of drug-likeness (QED) is 0.0261. The van der Waals surface area contributed by atoms with E-state index in [-0.39, 0.29) is 31.1 Å². The van der Waals surface area contributed by atoms with Gasteiger partial charge in [0.15, 0.2) is 6.10 Å². The Balaban J connectivity index is 4.46. The van der Waals surface area contributed by atoms with Crippen molar-refractivity contribution in [1.29, 1.82) is 0 Å². The molecular formula is C71H118O6. The van der Waals surface area contributed by atoms with Crippen LogP contribution >= 0.6 is 0 Å². The molecular weight excluding hydrogens is 949 g/mol. The minimum atomic E-state index is -0.798. The monoisotopic (exact) mass is 1070 g/mol. The van der Waals surface area contributed by atoms with E-state index in [0.29, 0.717) is 19.3 Å². The van der Waals surface area contributed by atoms with Crippen molar-refractivity contribution in [3.63, 3.8) is 0 Å². The van der Waals surface area contributed by atoms with Crippen molar-refractivity contribution >= 4 is 17.9 Å². The predicted octanol–water partition coefficient (Wildman–Crippen LogP) is 22.0. The maximum atomic E-state index is 12.9. The normalized spacial score (nSPS) is 12.9. The van der Waals surface area contributed by atoms with Gasteiger partial charge in [0.25, 0.3) is 0 Å². The molecule has 6 nitrogen and oxygen atoms in total. The fourth-order valence-electron chi connectivity index (χ4n) is 8.69. The van der Waals surface area contributed by atoms with Gasteiger partial charge in [0, 0.05) is 19.3 Å². The van der Waals surface area contributed by atoms with Gasteiger partial charge in [-0.25, -0.2) is 0 Å². The highest BCUT2D eigenvalue weighted by Crippen LogP contribution is 2.15. The molecule has 0 aromatic heterocycles. The Morgan fingerprint density at radius 3 is 0.805 bits per heavy atom. The van der Waals surface area contributed by atoms with Gasteiger partial charge in [-0.3, -0.25) is 14.4 Å². The molecule has 0 saturated heterocycles. The van der Waals surface area contributed by atoms with Gasteiger partial charge in [0.05, 0.1) is 0 Å². The van der Waals surface area contributed by atoms with Crippen molar-refractivity contribution in [2.45, 2.75) is 297 Å². The zero-order valence-corrected chi connectivity index (χ0v) is 50.2. The summed E-state index contributed by atoms with van der Waals surface area (Å²) < 4.78 is 16.9. The Morgan fingerprint density at radius 2 is 0.506 bits per heavy atom. The highest BCUT2D eigenvalue weighted by Gasteiger charge is 2.19. The summed E-state index contributed by atoms with van der Waals surface area (Å²) in [6, 6.07) is 0. The standard InChI is InChI=1S/C71H118O6/c1-4-7-10-13-16-19-22-25-28-31-33-35-37-40-43-46-49-52-55-58-61-64-70(73)76-67-68(66-75-69(72)63-60-57-54-51-48-45-42-39-30-27-24-21-18-15-12-9-6-3)77-71(74)65-62-59-56-53-50-47-44-41-38-36-34-32-29-26-23-20-17-14-11-8-5-2/h7-8,10-11,16-17,19-20,25-30,33-36,40,43,68H,4-6,9,12-15,18,21-24,31-32,37-39,41-42,44-67H2,1-3H3/b10-7-,11-8-,19-16-,20-17-,28-25-,29-26-,30-27-,35-33-,36-34-,43-40-. The number of carbonyl (C=O) groups excluding carboxylic acids is 3. The molecule has 6 heteroatoms. The first-order valence-electron chi connectivity index (χ1n) is 32.0. The minimum Gasteiger partial charge on any atom is -0.462 e. The molecule has 77 heavy (non-hydrogen) atoms. The van der Waals surface area contributed by atoms with E-state index in [4.69, 9.17) is 14.2 Å². The highest BCUT2D eigenvalue weighted by molar-refractivity contribution is 5.71. The Labute approximate surface area is 475 Å². The molecule has 0 aliphatic heterocycles. The third-order valence-electron chi connectivity index (χ3n) is 13.4. The second-order valence-electron chi connectivity index (χ2n) is 20.9. The topological polar surface area (TPSA) is 78.9 Å². The van der Waals surface area contributed by atoms with E-state index in [1.165, 1.54) is 109 Å². The van der Waals surface area contributed by atoms with Gasteiger partial charge < -0.3 is 14.2 Å². The van der Waals surface area contributed by atoms with E-state index in [0.717, 1.165) is 141 Å². The van der Waals surface area contributed by atoms with Gasteiger partial charge in [0.1, 0.15) is 13.2 Å². The molecule has 0 aliphatic rings. The van der Waals surface area contributed by atoms with Gasteiger partial charge in [-0.15, -0.1) is 0 Å². The molecule has 0 spiro atoms. The van der Waals surface area contributed by atoms with Gasteiger partial charge in [-0.05, 0) is 128 Å². The summed E-state index contributed by atoms with van der Waals surface area (Å²) in [5, 5.41) is 0. The van der Waals surface area contributed by atoms with Crippen molar-refractivity contribution < 1.29 is 28.6 Å². The number of ether oxygens (including phenoxy) is 3. The van der Waals surface area contributed by atoms with E-state index in [9.17, 15) is 14.4 Å². The molecule has 0 aromatic rings. The number of esters is 3. The zero-order valence-electron chi connectivity index (χ0n) is 50.2. The molecule has 438 valence electrons. The molecule has 1 unspecified atom stereocenters. The van der Waals surface area contributed by atoms with Crippen LogP contribution in [0.1, 0.15) is 290 Å². The van der Waals surface area contributed by atoms with Crippen molar-refractivity contribution in [3.05, 3.63) is 122 Å². The minimum absolute atomic E-state index is 0.0918. The van der Waals surface area contributed by atoms with Crippen molar-refractivity contribution in [3.8, 4) is 0 Å². The average molecular weight is 1070 g/mol. The number of hydrogen-bond acceptors (Lipinski definition) is 6.